The predicted molar refractivity (Wildman–Crippen MR) is 107 cm³/mol. The second-order valence-corrected chi connectivity index (χ2v) is 7.96. The van der Waals surface area contributed by atoms with Crippen LogP contribution in [0.1, 0.15) is 23.2 Å². The van der Waals surface area contributed by atoms with Crippen LogP contribution in [-0.4, -0.2) is 46.0 Å². The van der Waals surface area contributed by atoms with Crippen molar-refractivity contribution in [2.24, 2.45) is 11.8 Å². The van der Waals surface area contributed by atoms with Crippen LogP contribution in [0.5, 0.6) is 0 Å². The van der Waals surface area contributed by atoms with E-state index in [0.29, 0.717) is 17.8 Å². The summed E-state index contributed by atoms with van der Waals surface area (Å²) in [5.41, 5.74) is 0.723. The fraction of sp³-hybridized carbons (Fsp3) is 0.318. The molecule has 0 spiro atoms. The molecule has 30 heavy (non-hydrogen) atoms. The van der Waals surface area contributed by atoms with E-state index >= 15 is 0 Å². The van der Waals surface area contributed by atoms with E-state index in [-0.39, 0.29) is 23.4 Å². The Labute approximate surface area is 172 Å². The van der Waals surface area contributed by atoms with Gasteiger partial charge in [0, 0.05) is 23.7 Å². The maximum Gasteiger partial charge on any atom is 0.269 e. The van der Waals surface area contributed by atoms with Crippen LogP contribution in [0.15, 0.2) is 54.6 Å². The van der Waals surface area contributed by atoms with Crippen molar-refractivity contribution >= 4 is 29.0 Å². The van der Waals surface area contributed by atoms with E-state index in [1.165, 1.54) is 24.3 Å². The Morgan fingerprint density at radius 2 is 1.63 bits per heavy atom. The number of benzene rings is 2. The van der Waals surface area contributed by atoms with Gasteiger partial charge < -0.3 is 0 Å². The zero-order chi connectivity index (χ0) is 21.0. The second-order valence-electron chi connectivity index (χ2n) is 7.96. The summed E-state index contributed by atoms with van der Waals surface area (Å²) < 4.78 is 0. The minimum absolute atomic E-state index is 0.114. The van der Waals surface area contributed by atoms with Crippen LogP contribution in [0.4, 0.5) is 11.4 Å². The van der Waals surface area contributed by atoms with Crippen molar-refractivity contribution in [3.8, 4) is 0 Å². The van der Waals surface area contributed by atoms with Gasteiger partial charge in [0.2, 0.25) is 11.8 Å². The number of nitro groups is 1. The number of Topliss-reactive ketones (excluding diaryl/α,β-unsaturated/α-hetero) is 1. The van der Waals surface area contributed by atoms with Crippen LogP contribution in [0.3, 0.4) is 0 Å². The number of anilines is 1. The maximum atomic E-state index is 13.4. The third-order valence-corrected chi connectivity index (χ3v) is 6.50. The Morgan fingerprint density at radius 3 is 2.30 bits per heavy atom. The van der Waals surface area contributed by atoms with Gasteiger partial charge in [-0.3, -0.25) is 29.4 Å². The number of nitrogens with zero attached hydrogens (tertiary/aromatic N) is 3. The number of hydrogen-bond donors (Lipinski definition) is 0. The molecule has 0 N–H and O–H groups in total. The zero-order valence-corrected chi connectivity index (χ0v) is 16.0. The molecule has 0 saturated carbocycles. The molecular weight excluding hydrogens is 386 g/mol. The summed E-state index contributed by atoms with van der Waals surface area (Å²) in [6, 6.07) is 13.4. The summed E-state index contributed by atoms with van der Waals surface area (Å²) in [6.45, 7) is 0.693. The fourth-order valence-corrected chi connectivity index (χ4v) is 5.27. The van der Waals surface area contributed by atoms with Crippen molar-refractivity contribution in [2.45, 2.75) is 24.9 Å². The molecule has 5 rings (SSSR count). The first-order valence-electron chi connectivity index (χ1n) is 9.96. The van der Waals surface area contributed by atoms with Gasteiger partial charge in [0.1, 0.15) is 0 Å². The molecule has 8 heteroatoms. The molecule has 3 aliphatic heterocycles. The number of fused-ring (bicyclic) bond motifs is 3. The largest absolute Gasteiger partial charge is 0.292 e. The summed E-state index contributed by atoms with van der Waals surface area (Å²) in [4.78, 5) is 53.6. The van der Waals surface area contributed by atoms with Gasteiger partial charge in [-0.05, 0) is 31.5 Å². The van der Waals surface area contributed by atoms with Gasteiger partial charge in [-0.15, -0.1) is 0 Å². The molecule has 2 aromatic carbocycles. The third kappa shape index (κ3) is 2.60. The fourth-order valence-electron chi connectivity index (χ4n) is 5.27. The van der Waals surface area contributed by atoms with Gasteiger partial charge in [0.05, 0.1) is 28.5 Å². The first-order valence-corrected chi connectivity index (χ1v) is 9.96. The van der Waals surface area contributed by atoms with Crippen molar-refractivity contribution < 1.29 is 19.3 Å². The van der Waals surface area contributed by atoms with Gasteiger partial charge in [-0.2, -0.15) is 0 Å². The molecule has 2 aromatic rings. The third-order valence-electron chi connectivity index (χ3n) is 6.50. The molecule has 3 fully saturated rings. The molecule has 0 aliphatic carbocycles. The molecule has 4 atom stereocenters. The molecule has 0 radical (unpaired) electrons. The number of nitro benzene ring substituents is 1. The second kappa shape index (κ2) is 6.84. The van der Waals surface area contributed by atoms with Crippen molar-refractivity contribution in [2.75, 3.05) is 11.4 Å². The highest BCUT2D eigenvalue weighted by Gasteiger charge is 2.64. The lowest BCUT2D eigenvalue weighted by Crippen LogP contribution is -2.46. The topological polar surface area (TPSA) is 101 Å². The van der Waals surface area contributed by atoms with Gasteiger partial charge in [-0.25, -0.2) is 4.90 Å². The molecule has 0 aromatic heterocycles. The summed E-state index contributed by atoms with van der Waals surface area (Å²) in [5.74, 6) is -2.15. The normalized spacial score (nSPS) is 27.9. The molecule has 3 aliphatic rings. The van der Waals surface area contributed by atoms with Gasteiger partial charge in [-0.1, -0.05) is 30.3 Å². The minimum atomic E-state index is -0.731. The maximum absolute atomic E-state index is 13.4. The SMILES string of the molecule is O=C(c1ccccc1)[C@@H]1[C@H]2C(=O)N(c3ccc([N+](=O)[O-])cc3)C(=O)[C@@H]2[C@H]2CCCN21. The molecule has 0 unspecified atom stereocenters. The Hall–Kier alpha value is -3.39. The zero-order valence-electron chi connectivity index (χ0n) is 16.0. The van der Waals surface area contributed by atoms with E-state index < -0.39 is 28.7 Å². The van der Waals surface area contributed by atoms with E-state index in [4.69, 9.17) is 0 Å². The van der Waals surface area contributed by atoms with E-state index in [1.54, 1.807) is 24.3 Å². The average Bonchev–Trinajstić information content (AvgIpc) is 3.40. The Morgan fingerprint density at radius 1 is 0.967 bits per heavy atom. The molecule has 2 amide bonds. The number of rotatable bonds is 4. The van der Waals surface area contributed by atoms with E-state index in [1.807, 2.05) is 11.0 Å². The number of hydrogen-bond acceptors (Lipinski definition) is 6. The molecule has 0 bridgehead atoms. The molecular formula is C22H19N3O5. The lowest BCUT2D eigenvalue weighted by molar-refractivity contribution is -0.384. The van der Waals surface area contributed by atoms with Crippen LogP contribution < -0.4 is 4.90 Å². The van der Waals surface area contributed by atoms with Crippen molar-refractivity contribution in [1.29, 1.82) is 0 Å². The van der Waals surface area contributed by atoms with Gasteiger partial charge in [0.15, 0.2) is 5.78 Å². The van der Waals surface area contributed by atoms with Crippen LogP contribution in [0, 0.1) is 22.0 Å². The number of ketones is 1. The van der Waals surface area contributed by atoms with E-state index in [0.717, 1.165) is 17.7 Å². The quantitative estimate of drug-likeness (QED) is 0.335. The molecule has 8 nitrogen and oxygen atoms in total. The Bertz CT molecular complexity index is 1050. The number of amides is 2. The number of imide groups is 1. The highest BCUT2D eigenvalue weighted by atomic mass is 16.6. The lowest BCUT2D eigenvalue weighted by Gasteiger charge is -2.27. The predicted octanol–water partition coefficient (Wildman–Crippen LogP) is 2.43. The van der Waals surface area contributed by atoms with Crippen molar-refractivity contribution in [3.05, 3.63) is 70.3 Å². The highest BCUT2D eigenvalue weighted by molar-refractivity contribution is 6.24. The lowest BCUT2D eigenvalue weighted by atomic mass is 9.85. The number of non-ortho nitro benzene ring substituents is 1. The number of carbonyl (C=O) groups is 3. The van der Waals surface area contributed by atoms with Crippen LogP contribution >= 0.6 is 0 Å². The minimum Gasteiger partial charge on any atom is -0.292 e. The molecule has 152 valence electrons. The van der Waals surface area contributed by atoms with E-state index in [9.17, 15) is 24.5 Å². The van der Waals surface area contributed by atoms with Crippen molar-refractivity contribution in [3.63, 3.8) is 0 Å². The Kier molecular flexibility index (Phi) is 4.25. The first-order chi connectivity index (χ1) is 14.5. The van der Waals surface area contributed by atoms with Crippen molar-refractivity contribution in [1.82, 2.24) is 4.90 Å². The van der Waals surface area contributed by atoms with Gasteiger partial charge in [0.25, 0.3) is 5.69 Å². The van der Waals surface area contributed by atoms with Gasteiger partial charge >= 0.3 is 0 Å². The van der Waals surface area contributed by atoms with E-state index in [2.05, 4.69) is 0 Å². The van der Waals surface area contributed by atoms with Crippen LogP contribution in [-0.2, 0) is 9.59 Å². The molecule has 3 heterocycles. The summed E-state index contributed by atoms with van der Waals surface area (Å²) >= 11 is 0. The Balaban J connectivity index is 1.52. The number of carbonyl (C=O) groups excluding carboxylic acids is 3. The smallest absolute Gasteiger partial charge is 0.269 e. The van der Waals surface area contributed by atoms with Crippen LogP contribution in [0.25, 0.3) is 0 Å². The summed E-state index contributed by atoms with van der Waals surface area (Å²) in [7, 11) is 0. The van der Waals surface area contributed by atoms with Crippen LogP contribution in [0.2, 0.25) is 0 Å². The average molecular weight is 405 g/mol. The first kappa shape index (κ1) is 18.6. The molecule has 3 saturated heterocycles. The monoisotopic (exact) mass is 405 g/mol. The highest BCUT2D eigenvalue weighted by Crippen LogP contribution is 2.48. The standard InChI is InChI=1S/C22H19N3O5/c26-20(13-5-2-1-3-6-13)19-18-17(16-7-4-12-23(16)19)21(27)24(22(18)28)14-8-10-15(11-9-14)25(29)30/h1-3,5-6,8-11,16-19H,4,7,12H2/t16-,17-,18+,19+/m1/s1. The summed E-state index contributed by atoms with van der Waals surface area (Å²) in [6.07, 6.45) is 1.65. The summed E-state index contributed by atoms with van der Waals surface area (Å²) in [5, 5.41) is 10.9.